The summed E-state index contributed by atoms with van der Waals surface area (Å²) >= 11 is 0. The van der Waals surface area contributed by atoms with Crippen molar-refractivity contribution in [3.63, 3.8) is 0 Å². The molecule has 4 aromatic carbocycles. The summed E-state index contributed by atoms with van der Waals surface area (Å²) in [7, 11) is -0.104. The third kappa shape index (κ3) is 2.86. The summed E-state index contributed by atoms with van der Waals surface area (Å²) in [6.07, 6.45) is 0. The van der Waals surface area contributed by atoms with Crippen molar-refractivity contribution in [1.82, 2.24) is 0 Å². The molecule has 0 spiro atoms. The molecule has 0 aliphatic carbocycles. The van der Waals surface area contributed by atoms with Crippen molar-refractivity contribution in [1.29, 1.82) is 0 Å². The average molecular weight is 371 g/mol. The number of hydrogen-bond acceptors (Lipinski definition) is 1. The molecule has 0 bridgehead atoms. The Morgan fingerprint density at radius 2 is 1.04 bits per heavy atom. The predicted octanol–water partition coefficient (Wildman–Crippen LogP) is 7.66. The van der Waals surface area contributed by atoms with Crippen LogP contribution in [0.1, 0.15) is 0 Å². The van der Waals surface area contributed by atoms with Crippen LogP contribution in [0.25, 0.3) is 25.1 Å². The van der Waals surface area contributed by atoms with E-state index in [1.165, 1.54) is 37.2 Å². The molecule has 0 amide bonds. The van der Waals surface area contributed by atoms with Crippen LogP contribution in [0.5, 0.6) is 11.5 Å². The summed E-state index contributed by atoms with van der Waals surface area (Å²) in [6.45, 7) is 0. The van der Waals surface area contributed by atoms with Gasteiger partial charge in [0.1, 0.15) is 17.3 Å². The fourth-order valence-electron chi connectivity index (χ4n) is 3.39. The van der Waals surface area contributed by atoms with Gasteiger partial charge in [-0.3, -0.25) is 0 Å². The Kier molecular flexibility index (Phi) is 3.88. The lowest BCUT2D eigenvalue weighted by atomic mass is 10.2. The molecule has 0 aliphatic heterocycles. The number of fused-ring (bicyclic) bond motifs is 3. The maximum Gasteiger partial charge on any atom is 0.187 e. The Balaban J connectivity index is 1.57. The Morgan fingerprint density at radius 3 is 1.59 bits per heavy atom. The van der Waals surface area contributed by atoms with Crippen LogP contribution in [0, 0.1) is 5.82 Å². The van der Waals surface area contributed by atoms with Crippen molar-refractivity contribution < 1.29 is 9.13 Å². The van der Waals surface area contributed by atoms with Gasteiger partial charge in [0.25, 0.3) is 0 Å². The van der Waals surface area contributed by atoms with Gasteiger partial charge in [0.05, 0.1) is 0 Å². The van der Waals surface area contributed by atoms with Crippen LogP contribution < -0.4 is 4.74 Å². The molecule has 0 radical (unpaired) electrons. The van der Waals surface area contributed by atoms with Crippen LogP contribution in [-0.4, -0.2) is 0 Å². The van der Waals surface area contributed by atoms with Crippen LogP contribution in [-0.2, 0) is 0 Å². The Bertz CT molecular complexity index is 1180. The first-order valence-corrected chi connectivity index (χ1v) is 9.98. The standard InChI is InChI=1S/C24H16FOS/c25-17-9-11-18(12-10-17)26-19-13-15-20(16-14-19)27-23-7-3-1-5-21(23)22-6-2-4-8-24(22)27/h1-16H/q+1. The quantitative estimate of drug-likeness (QED) is 0.296. The third-order valence-electron chi connectivity index (χ3n) is 4.61. The van der Waals surface area contributed by atoms with Gasteiger partial charge in [-0.05, 0) is 60.7 Å². The Hall–Kier alpha value is -3.17. The van der Waals surface area contributed by atoms with Crippen molar-refractivity contribution in [2.75, 3.05) is 0 Å². The van der Waals surface area contributed by atoms with Crippen molar-refractivity contribution in [2.24, 2.45) is 0 Å². The molecule has 27 heavy (non-hydrogen) atoms. The van der Waals surface area contributed by atoms with Crippen molar-refractivity contribution >= 4 is 30.6 Å². The number of hydrogen-bond donors (Lipinski definition) is 0. The van der Waals surface area contributed by atoms with Gasteiger partial charge in [-0.25, -0.2) is 4.39 Å². The van der Waals surface area contributed by atoms with Crippen molar-refractivity contribution in [3.05, 3.63) is 103 Å². The fraction of sp³-hybridized carbons (Fsp3) is 0. The van der Waals surface area contributed by atoms with Gasteiger partial charge < -0.3 is 4.74 Å². The maximum atomic E-state index is 13.0. The lowest BCUT2D eigenvalue weighted by Crippen LogP contribution is -1.84. The SMILES string of the molecule is Fc1ccc(Oc2ccc(-[s+]3c4ccccc4c4ccccc43)cc2)cc1. The van der Waals surface area contributed by atoms with Gasteiger partial charge in [0.2, 0.25) is 0 Å². The van der Waals surface area contributed by atoms with E-state index in [0.29, 0.717) is 5.75 Å². The summed E-state index contributed by atoms with van der Waals surface area (Å²) in [5.74, 6) is 1.11. The summed E-state index contributed by atoms with van der Waals surface area (Å²) in [5, 5.41) is 2.64. The summed E-state index contributed by atoms with van der Waals surface area (Å²) in [6, 6.07) is 31.5. The van der Waals surface area contributed by atoms with Gasteiger partial charge in [-0.1, -0.05) is 24.3 Å². The molecule has 1 aromatic heterocycles. The maximum absolute atomic E-state index is 13.0. The fourth-order valence-corrected chi connectivity index (χ4v) is 5.77. The third-order valence-corrected chi connectivity index (χ3v) is 6.95. The van der Waals surface area contributed by atoms with Crippen LogP contribution >= 0.6 is 10.5 Å². The highest BCUT2D eigenvalue weighted by atomic mass is 32.2. The topological polar surface area (TPSA) is 9.23 Å². The number of ether oxygens (including phenoxy) is 1. The first-order valence-electron chi connectivity index (χ1n) is 8.76. The molecule has 1 heterocycles. The van der Waals surface area contributed by atoms with Gasteiger partial charge in [-0.15, -0.1) is 0 Å². The Labute approximate surface area is 159 Å². The molecule has 0 saturated carbocycles. The second kappa shape index (κ2) is 6.53. The highest BCUT2D eigenvalue weighted by Gasteiger charge is 2.22. The van der Waals surface area contributed by atoms with E-state index in [2.05, 4.69) is 60.7 Å². The minimum atomic E-state index is -0.266. The van der Waals surface area contributed by atoms with Gasteiger partial charge >= 0.3 is 0 Å². The summed E-state index contributed by atoms with van der Waals surface area (Å²) < 4.78 is 21.6. The largest absolute Gasteiger partial charge is 0.457 e. The molecular formula is C24H16FOS+. The molecule has 0 atom stereocenters. The van der Waals surface area contributed by atoms with E-state index in [0.717, 1.165) is 5.75 Å². The molecular weight excluding hydrogens is 355 g/mol. The van der Waals surface area contributed by atoms with Gasteiger partial charge in [-0.2, -0.15) is 0 Å². The number of rotatable bonds is 3. The van der Waals surface area contributed by atoms with E-state index < -0.39 is 0 Å². The van der Waals surface area contributed by atoms with E-state index in [1.54, 1.807) is 12.1 Å². The van der Waals surface area contributed by atoms with Gasteiger partial charge in [0.15, 0.2) is 14.3 Å². The van der Waals surface area contributed by atoms with Crippen LogP contribution in [0.15, 0.2) is 97.1 Å². The van der Waals surface area contributed by atoms with Crippen LogP contribution in [0.2, 0.25) is 0 Å². The molecule has 1 nitrogen and oxygen atoms in total. The molecule has 0 saturated heterocycles. The molecule has 130 valence electrons. The Morgan fingerprint density at radius 1 is 0.556 bits per heavy atom. The number of benzene rings is 4. The van der Waals surface area contributed by atoms with Gasteiger partial charge in [0, 0.05) is 33.4 Å². The van der Waals surface area contributed by atoms with Crippen molar-refractivity contribution in [2.45, 2.75) is 0 Å². The van der Waals surface area contributed by atoms with E-state index in [9.17, 15) is 4.39 Å². The number of halogens is 1. The van der Waals surface area contributed by atoms with E-state index in [1.807, 2.05) is 12.1 Å². The molecule has 0 N–H and O–H groups in total. The highest BCUT2D eigenvalue weighted by Crippen LogP contribution is 2.48. The zero-order valence-corrected chi connectivity index (χ0v) is 15.2. The van der Waals surface area contributed by atoms with E-state index in [-0.39, 0.29) is 16.3 Å². The normalized spacial score (nSPS) is 11.1. The second-order valence-electron chi connectivity index (χ2n) is 6.33. The lowest BCUT2D eigenvalue weighted by molar-refractivity contribution is 0.480. The second-order valence-corrected chi connectivity index (χ2v) is 8.29. The molecule has 0 aliphatic rings. The minimum Gasteiger partial charge on any atom is -0.457 e. The van der Waals surface area contributed by atoms with E-state index >= 15 is 0 Å². The first kappa shape index (κ1) is 16.0. The molecule has 5 rings (SSSR count). The average Bonchev–Trinajstić information content (AvgIpc) is 3.05. The smallest absolute Gasteiger partial charge is 0.187 e. The first-order chi connectivity index (χ1) is 13.3. The zero-order chi connectivity index (χ0) is 18.2. The molecule has 5 aromatic rings. The number of thiophene rings is 1. The van der Waals surface area contributed by atoms with Crippen LogP contribution in [0.3, 0.4) is 0 Å². The van der Waals surface area contributed by atoms with Crippen molar-refractivity contribution in [3.8, 4) is 16.4 Å². The summed E-state index contributed by atoms with van der Waals surface area (Å²) in [5.41, 5.74) is 0. The van der Waals surface area contributed by atoms with E-state index in [4.69, 9.17) is 4.74 Å². The lowest BCUT2D eigenvalue weighted by Gasteiger charge is -2.05. The predicted molar refractivity (Wildman–Crippen MR) is 112 cm³/mol. The summed E-state index contributed by atoms with van der Waals surface area (Å²) in [4.78, 5) is 1.26. The molecule has 0 unspecified atom stereocenters. The molecule has 3 heteroatoms. The highest BCUT2D eigenvalue weighted by molar-refractivity contribution is 7.50. The zero-order valence-electron chi connectivity index (χ0n) is 14.4. The minimum absolute atomic E-state index is 0.104. The van der Waals surface area contributed by atoms with Crippen LogP contribution in [0.4, 0.5) is 4.39 Å². The monoisotopic (exact) mass is 371 g/mol. The molecule has 0 fully saturated rings.